The van der Waals surface area contributed by atoms with Crippen LogP contribution in [0, 0.1) is 12.3 Å². The normalized spacial score (nSPS) is 25.6. The monoisotopic (exact) mass is 915 g/mol. The van der Waals surface area contributed by atoms with E-state index in [1.165, 1.54) is 6.92 Å². The van der Waals surface area contributed by atoms with Crippen molar-refractivity contribution in [3.63, 3.8) is 0 Å². The lowest BCUT2D eigenvalue weighted by Crippen LogP contribution is -2.69. The van der Waals surface area contributed by atoms with Crippen LogP contribution in [0.15, 0.2) is 0 Å². The maximum atomic E-state index is 14.4. The Balaban J connectivity index is 2.86. The Labute approximate surface area is 369 Å². The highest BCUT2D eigenvalue weighted by Gasteiger charge is 2.58. The Morgan fingerprint density at radius 2 is 1.08 bits per heavy atom. The first-order valence-electron chi connectivity index (χ1n) is 19.9. The van der Waals surface area contributed by atoms with Gasteiger partial charge in [-0.2, -0.15) is 0 Å². The second-order valence-electron chi connectivity index (χ2n) is 15.3. The number of terminal acetylenes is 1. The van der Waals surface area contributed by atoms with E-state index in [-0.39, 0.29) is 6.61 Å². The lowest BCUT2D eigenvalue weighted by atomic mass is 9.95. The molecule has 358 valence electrons. The molecule has 0 aliphatic carbocycles. The Kier molecular flexibility index (Phi) is 20.9. The van der Waals surface area contributed by atoms with Crippen LogP contribution >= 0.6 is 0 Å². The fourth-order valence-corrected chi connectivity index (χ4v) is 6.40. The molecular formula is C40H57N3O21. The molecule has 2 saturated heterocycles. The molecule has 3 amide bonds. The fraction of sp³-hybridized carbons (Fsp3) is 0.700. The van der Waals surface area contributed by atoms with E-state index in [1.54, 1.807) is 20.8 Å². The number of esters is 8. The molecule has 0 saturated carbocycles. The summed E-state index contributed by atoms with van der Waals surface area (Å²) in [6.07, 6.45) is -12.9. The summed E-state index contributed by atoms with van der Waals surface area (Å²) in [4.78, 5) is 129. The Bertz CT molecular complexity index is 1770. The first-order valence-corrected chi connectivity index (χ1v) is 19.9. The molecule has 2 aliphatic heterocycles. The third-order valence-electron chi connectivity index (χ3n) is 8.56. The zero-order chi connectivity index (χ0) is 48.6. The van der Waals surface area contributed by atoms with Crippen molar-refractivity contribution in [3.8, 4) is 12.3 Å². The van der Waals surface area contributed by atoms with E-state index in [4.69, 9.17) is 58.5 Å². The molecule has 64 heavy (non-hydrogen) atoms. The molecule has 0 bridgehead atoms. The largest absolute Gasteiger partial charge is 0.466 e. The predicted molar refractivity (Wildman–Crippen MR) is 210 cm³/mol. The SMILES string of the molecule is C#CCN(C(=O)NC(C)(C)C)C(CC(=O)OCC)C(=O)N[C@@H]1O[C@H](COC(C)=O)[C@@H](O[C@@H]2O[C@H](COC(C)=O)[C@H](OC(C)=O)[C@H](OC(C)=O)[C@H]2OC(C)=O)[C@H](OC(C)=O)[C@H]1OC(C)=O. The number of amides is 3. The molecule has 0 spiro atoms. The number of ether oxygens (including phenoxy) is 11. The van der Waals surface area contributed by atoms with Gasteiger partial charge in [0.2, 0.25) is 5.91 Å². The van der Waals surface area contributed by atoms with Gasteiger partial charge in [-0.25, -0.2) is 4.79 Å². The van der Waals surface area contributed by atoms with Crippen LogP contribution in [0.2, 0.25) is 0 Å². The molecule has 2 aliphatic rings. The molecule has 2 heterocycles. The van der Waals surface area contributed by atoms with E-state index in [0.29, 0.717) is 0 Å². The summed E-state index contributed by atoms with van der Waals surface area (Å²) in [6.45, 7) is 11.4. The molecule has 2 rings (SSSR count). The van der Waals surface area contributed by atoms with Gasteiger partial charge in [-0.3, -0.25) is 43.2 Å². The van der Waals surface area contributed by atoms with Gasteiger partial charge in [-0.05, 0) is 27.7 Å². The van der Waals surface area contributed by atoms with Crippen LogP contribution in [0.25, 0.3) is 0 Å². The smallest absolute Gasteiger partial charge is 0.319 e. The van der Waals surface area contributed by atoms with Crippen LogP contribution in [0.1, 0.15) is 82.6 Å². The van der Waals surface area contributed by atoms with Gasteiger partial charge >= 0.3 is 53.8 Å². The molecule has 24 heteroatoms. The topological polar surface area (TPSA) is 300 Å². The fourth-order valence-electron chi connectivity index (χ4n) is 6.40. The molecular weight excluding hydrogens is 858 g/mol. The van der Waals surface area contributed by atoms with Gasteiger partial charge in [-0.15, -0.1) is 6.42 Å². The minimum absolute atomic E-state index is 0.0976. The average molecular weight is 916 g/mol. The summed E-state index contributed by atoms with van der Waals surface area (Å²) < 4.78 is 61.6. The standard InChI is InChI=1S/C40H57N3O21/c1-13-15-43(39(53)42-40(10,11)12)26(16-29(51)54-14-2)36(52)41-37-34(60-24(8)49)32(58-22(6)47)31(27(62-37)17-55-19(3)44)64-38-35(61-25(9)50)33(59-23(7)48)30(57-21(5)46)28(63-38)18-56-20(4)45/h1,26-28,30-35,37-38H,14-18H2,2-12H3,(H,41,52)(H,42,53)/t26?,27-,28-,30+,31-,32+,33+,34-,35-,37-,38+/m1/s1. The summed E-state index contributed by atoms with van der Waals surface area (Å²) in [5.41, 5.74) is -0.853. The molecule has 0 aromatic rings. The van der Waals surface area contributed by atoms with Gasteiger partial charge in [0, 0.05) is 54.0 Å². The van der Waals surface area contributed by atoms with Crippen molar-refractivity contribution in [2.45, 2.75) is 156 Å². The van der Waals surface area contributed by atoms with Gasteiger partial charge < -0.3 is 67.6 Å². The molecule has 0 radical (unpaired) electrons. The first-order chi connectivity index (χ1) is 29.8. The predicted octanol–water partition coefficient (Wildman–Crippen LogP) is -0.513. The van der Waals surface area contributed by atoms with Crippen molar-refractivity contribution in [2.24, 2.45) is 0 Å². The number of carbonyl (C=O) groups is 10. The number of hydrogen-bond acceptors (Lipinski definition) is 21. The van der Waals surface area contributed by atoms with Crippen molar-refractivity contribution in [3.05, 3.63) is 0 Å². The maximum Gasteiger partial charge on any atom is 0.319 e. The summed E-state index contributed by atoms with van der Waals surface area (Å²) >= 11 is 0. The van der Waals surface area contributed by atoms with Crippen LogP contribution in [0.3, 0.4) is 0 Å². The summed E-state index contributed by atoms with van der Waals surface area (Å²) in [5, 5.41) is 5.13. The summed E-state index contributed by atoms with van der Waals surface area (Å²) in [5.74, 6) is -6.41. The molecule has 2 fully saturated rings. The Morgan fingerprint density at radius 3 is 1.53 bits per heavy atom. The third-order valence-corrected chi connectivity index (χ3v) is 8.56. The first kappa shape index (κ1) is 54.1. The molecule has 11 atom stereocenters. The second-order valence-corrected chi connectivity index (χ2v) is 15.3. The highest BCUT2D eigenvalue weighted by atomic mass is 16.8. The van der Waals surface area contributed by atoms with E-state index in [1.807, 2.05) is 0 Å². The third kappa shape index (κ3) is 17.2. The van der Waals surface area contributed by atoms with Crippen molar-refractivity contribution in [1.29, 1.82) is 0 Å². The number of nitrogens with one attached hydrogen (secondary N) is 2. The van der Waals surface area contributed by atoms with Gasteiger partial charge in [0.25, 0.3) is 0 Å². The highest BCUT2D eigenvalue weighted by Crippen LogP contribution is 2.35. The van der Waals surface area contributed by atoms with Crippen molar-refractivity contribution in [1.82, 2.24) is 15.5 Å². The Hall–Kier alpha value is -6.06. The molecule has 24 nitrogen and oxygen atoms in total. The highest BCUT2D eigenvalue weighted by molar-refractivity contribution is 5.91. The summed E-state index contributed by atoms with van der Waals surface area (Å²) in [7, 11) is 0. The minimum Gasteiger partial charge on any atom is -0.466 e. The zero-order valence-electron chi connectivity index (χ0n) is 37.5. The molecule has 2 N–H and O–H groups in total. The van der Waals surface area contributed by atoms with E-state index in [0.717, 1.165) is 53.4 Å². The molecule has 0 aromatic heterocycles. The van der Waals surface area contributed by atoms with Crippen LogP contribution in [-0.4, -0.2) is 164 Å². The van der Waals surface area contributed by atoms with Crippen molar-refractivity contribution >= 4 is 59.7 Å². The van der Waals surface area contributed by atoms with Crippen molar-refractivity contribution < 1.29 is 100 Å². The molecule has 0 aromatic carbocycles. The van der Waals surface area contributed by atoms with Crippen molar-refractivity contribution in [2.75, 3.05) is 26.4 Å². The van der Waals surface area contributed by atoms with Gasteiger partial charge in [0.05, 0.1) is 19.6 Å². The summed E-state index contributed by atoms with van der Waals surface area (Å²) in [6, 6.07) is -2.58. The lowest BCUT2D eigenvalue weighted by molar-refractivity contribution is -0.345. The van der Waals surface area contributed by atoms with Crippen LogP contribution < -0.4 is 10.6 Å². The second kappa shape index (κ2) is 24.7. The Morgan fingerprint density at radius 1 is 0.625 bits per heavy atom. The van der Waals surface area contributed by atoms with Crippen LogP contribution in [-0.2, 0) is 95.3 Å². The number of hydrogen-bond donors (Lipinski definition) is 2. The van der Waals surface area contributed by atoms with E-state index in [9.17, 15) is 47.9 Å². The average Bonchev–Trinajstić information content (AvgIpc) is 3.14. The number of urea groups is 1. The number of nitrogens with zero attached hydrogens (tertiary/aromatic N) is 1. The van der Waals surface area contributed by atoms with Gasteiger partial charge in [-0.1, -0.05) is 5.92 Å². The van der Waals surface area contributed by atoms with Gasteiger partial charge in [0.15, 0.2) is 43.0 Å². The quantitative estimate of drug-likeness (QED) is 0.0994. The maximum absolute atomic E-state index is 14.4. The van der Waals surface area contributed by atoms with E-state index in [2.05, 4.69) is 16.6 Å². The minimum atomic E-state index is -1.95. The number of carbonyl (C=O) groups excluding carboxylic acids is 10. The van der Waals surface area contributed by atoms with E-state index >= 15 is 0 Å². The zero-order valence-corrected chi connectivity index (χ0v) is 37.5. The molecule has 1 unspecified atom stereocenters. The lowest BCUT2D eigenvalue weighted by Gasteiger charge is -2.49. The van der Waals surface area contributed by atoms with Crippen LogP contribution in [0.5, 0.6) is 0 Å². The van der Waals surface area contributed by atoms with Crippen LogP contribution in [0.4, 0.5) is 4.79 Å². The van der Waals surface area contributed by atoms with E-state index < -0.39 is 159 Å². The number of rotatable bonds is 18. The van der Waals surface area contributed by atoms with Gasteiger partial charge in [0.1, 0.15) is 37.6 Å².